The van der Waals surface area contributed by atoms with Gasteiger partial charge in [0, 0.05) is 6.54 Å². The normalized spacial score (nSPS) is 19.3. The minimum Gasteiger partial charge on any atom is -0.389 e. The Hall–Kier alpha value is -0.160. The maximum atomic E-state index is 9.73. The SMILES string of the molecule is CC(C)(C)OCC(O)CNCCCN1CCCC1. The molecule has 4 nitrogen and oxygen atoms in total. The molecule has 18 heavy (non-hydrogen) atoms. The molecule has 0 radical (unpaired) electrons. The average Bonchev–Trinajstić information content (AvgIpc) is 2.78. The van der Waals surface area contributed by atoms with Gasteiger partial charge in [0.1, 0.15) is 0 Å². The van der Waals surface area contributed by atoms with Crippen LogP contribution in [0.3, 0.4) is 0 Å². The van der Waals surface area contributed by atoms with Gasteiger partial charge in [-0.25, -0.2) is 0 Å². The lowest BCUT2D eigenvalue weighted by Gasteiger charge is -2.22. The van der Waals surface area contributed by atoms with E-state index in [-0.39, 0.29) is 5.60 Å². The summed E-state index contributed by atoms with van der Waals surface area (Å²) in [5.41, 5.74) is -0.170. The molecule has 0 aliphatic carbocycles. The zero-order valence-corrected chi connectivity index (χ0v) is 12.2. The highest BCUT2D eigenvalue weighted by Gasteiger charge is 2.13. The molecule has 0 aromatic rings. The van der Waals surface area contributed by atoms with Crippen molar-refractivity contribution in [2.24, 2.45) is 0 Å². The van der Waals surface area contributed by atoms with Crippen LogP contribution < -0.4 is 5.32 Å². The summed E-state index contributed by atoms with van der Waals surface area (Å²) in [5, 5.41) is 13.0. The second-order valence-electron chi connectivity index (χ2n) is 6.18. The number of nitrogens with one attached hydrogen (secondary N) is 1. The molecule has 1 unspecified atom stereocenters. The van der Waals surface area contributed by atoms with Gasteiger partial charge < -0.3 is 20.1 Å². The van der Waals surface area contributed by atoms with Crippen LogP contribution in [-0.2, 0) is 4.74 Å². The maximum absolute atomic E-state index is 9.73. The first-order chi connectivity index (χ1) is 8.47. The lowest BCUT2D eigenvalue weighted by Crippen LogP contribution is -2.35. The zero-order chi connectivity index (χ0) is 13.4. The van der Waals surface area contributed by atoms with Crippen LogP contribution in [0.1, 0.15) is 40.0 Å². The Kier molecular flexibility index (Phi) is 7.15. The van der Waals surface area contributed by atoms with Gasteiger partial charge in [0.15, 0.2) is 0 Å². The van der Waals surface area contributed by atoms with Gasteiger partial charge in [-0.05, 0) is 66.2 Å². The smallest absolute Gasteiger partial charge is 0.0897 e. The molecule has 1 heterocycles. The third-order valence-electron chi connectivity index (χ3n) is 3.12. The second kappa shape index (κ2) is 8.10. The number of ether oxygens (including phenoxy) is 1. The summed E-state index contributed by atoms with van der Waals surface area (Å²) in [5.74, 6) is 0. The summed E-state index contributed by atoms with van der Waals surface area (Å²) < 4.78 is 5.53. The van der Waals surface area contributed by atoms with E-state index in [9.17, 15) is 5.11 Å². The molecule has 1 rings (SSSR count). The Bertz CT molecular complexity index is 210. The molecular weight excluding hydrogens is 228 g/mol. The quantitative estimate of drug-likeness (QED) is 0.643. The number of rotatable bonds is 8. The number of hydrogen-bond acceptors (Lipinski definition) is 4. The Labute approximate surface area is 112 Å². The molecular formula is C14H30N2O2. The van der Waals surface area contributed by atoms with Crippen molar-refractivity contribution in [2.75, 3.05) is 39.3 Å². The maximum Gasteiger partial charge on any atom is 0.0897 e. The van der Waals surface area contributed by atoms with E-state index in [0.29, 0.717) is 13.2 Å². The molecule has 0 bridgehead atoms. The summed E-state index contributed by atoms with van der Waals surface area (Å²) in [6.07, 6.45) is 3.47. The predicted molar refractivity (Wildman–Crippen MR) is 74.9 cm³/mol. The Balaban J connectivity index is 1.90. The number of aliphatic hydroxyl groups is 1. The van der Waals surface area contributed by atoms with Gasteiger partial charge in [-0.2, -0.15) is 0 Å². The van der Waals surface area contributed by atoms with E-state index in [2.05, 4.69) is 10.2 Å². The molecule has 0 aromatic heterocycles. The van der Waals surface area contributed by atoms with Gasteiger partial charge in [0.2, 0.25) is 0 Å². The van der Waals surface area contributed by atoms with Crippen molar-refractivity contribution in [1.29, 1.82) is 0 Å². The molecule has 1 aliphatic rings. The minimum absolute atomic E-state index is 0.170. The standard InChI is InChI=1S/C14H30N2O2/c1-14(2,3)18-12-13(17)11-15-7-6-10-16-8-4-5-9-16/h13,15,17H,4-12H2,1-3H3. The highest BCUT2D eigenvalue weighted by atomic mass is 16.5. The van der Waals surface area contributed by atoms with Crippen LogP contribution in [0.4, 0.5) is 0 Å². The van der Waals surface area contributed by atoms with E-state index < -0.39 is 6.10 Å². The molecule has 1 aliphatic heterocycles. The fourth-order valence-corrected chi connectivity index (χ4v) is 2.11. The molecule has 4 heteroatoms. The van der Waals surface area contributed by atoms with Crippen molar-refractivity contribution in [3.63, 3.8) is 0 Å². The van der Waals surface area contributed by atoms with Crippen molar-refractivity contribution >= 4 is 0 Å². The lowest BCUT2D eigenvalue weighted by molar-refractivity contribution is -0.0478. The predicted octanol–water partition coefficient (Wildman–Crippen LogP) is 1.24. The van der Waals surface area contributed by atoms with Crippen LogP contribution in [0, 0.1) is 0 Å². The topological polar surface area (TPSA) is 44.7 Å². The lowest BCUT2D eigenvalue weighted by atomic mass is 10.2. The van der Waals surface area contributed by atoms with Crippen LogP contribution in [0.5, 0.6) is 0 Å². The van der Waals surface area contributed by atoms with Crippen molar-refractivity contribution in [2.45, 2.75) is 51.7 Å². The molecule has 1 atom stereocenters. The first kappa shape index (κ1) is 15.9. The van der Waals surface area contributed by atoms with Crippen LogP contribution in [0.15, 0.2) is 0 Å². The highest BCUT2D eigenvalue weighted by molar-refractivity contribution is 4.67. The molecule has 1 saturated heterocycles. The van der Waals surface area contributed by atoms with Gasteiger partial charge in [0.05, 0.1) is 18.3 Å². The highest BCUT2D eigenvalue weighted by Crippen LogP contribution is 2.07. The number of aliphatic hydroxyl groups excluding tert-OH is 1. The van der Waals surface area contributed by atoms with E-state index in [4.69, 9.17) is 4.74 Å². The monoisotopic (exact) mass is 258 g/mol. The third kappa shape index (κ3) is 8.03. The second-order valence-corrected chi connectivity index (χ2v) is 6.18. The number of likely N-dealkylation sites (tertiary alicyclic amines) is 1. The molecule has 0 saturated carbocycles. The molecule has 2 N–H and O–H groups in total. The molecule has 0 aromatic carbocycles. The number of nitrogens with zero attached hydrogens (tertiary/aromatic N) is 1. The van der Waals surface area contributed by atoms with E-state index in [0.717, 1.165) is 13.0 Å². The van der Waals surface area contributed by atoms with E-state index in [1.165, 1.54) is 32.5 Å². The van der Waals surface area contributed by atoms with E-state index >= 15 is 0 Å². The first-order valence-corrected chi connectivity index (χ1v) is 7.22. The van der Waals surface area contributed by atoms with Crippen LogP contribution >= 0.6 is 0 Å². The fourth-order valence-electron chi connectivity index (χ4n) is 2.11. The van der Waals surface area contributed by atoms with Crippen molar-refractivity contribution < 1.29 is 9.84 Å². The van der Waals surface area contributed by atoms with Gasteiger partial charge in [-0.1, -0.05) is 0 Å². The third-order valence-corrected chi connectivity index (χ3v) is 3.12. The minimum atomic E-state index is -0.406. The Morgan fingerprint density at radius 1 is 1.28 bits per heavy atom. The summed E-state index contributed by atoms with van der Waals surface area (Å²) in [6, 6.07) is 0. The van der Waals surface area contributed by atoms with E-state index in [1.54, 1.807) is 0 Å². The van der Waals surface area contributed by atoms with Gasteiger partial charge in [-0.3, -0.25) is 0 Å². The summed E-state index contributed by atoms with van der Waals surface area (Å²) >= 11 is 0. The van der Waals surface area contributed by atoms with E-state index in [1.807, 2.05) is 20.8 Å². The van der Waals surface area contributed by atoms with Gasteiger partial charge in [0.25, 0.3) is 0 Å². The van der Waals surface area contributed by atoms with Crippen molar-refractivity contribution in [1.82, 2.24) is 10.2 Å². The molecule has 108 valence electrons. The number of hydrogen-bond donors (Lipinski definition) is 2. The molecule has 0 amide bonds. The largest absolute Gasteiger partial charge is 0.389 e. The van der Waals surface area contributed by atoms with Crippen LogP contribution in [0.2, 0.25) is 0 Å². The average molecular weight is 258 g/mol. The van der Waals surface area contributed by atoms with Gasteiger partial charge in [-0.15, -0.1) is 0 Å². The summed E-state index contributed by atoms with van der Waals surface area (Å²) in [4.78, 5) is 2.51. The van der Waals surface area contributed by atoms with Gasteiger partial charge >= 0.3 is 0 Å². The van der Waals surface area contributed by atoms with Crippen molar-refractivity contribution in [3.05, 3.63) is 0 Å². The zero-order valence-electron chi connectivity index (χ0n) is 12.2. The Morgan fingerprint density at radius 2 is 1.94 bits per heavy atom. The molecule has 0 spiro atoms. The van der Waals surface area contributed by atoms with Crippen LogP contribution in [-0.4, -0.2) is 61.0 Å². The summed E-state index contributed by atoms with van der Waals surface area (Å²) in [6.45, 7) is 11.7. The molecule has 1 fully saturated rings. The van der Waals surface area contributed by atoms with Crippen LogP contribution in [0.25, 0.3) is 0 Å². The fraction of sp³-hybridized carbons (Fsp3) is 1.00. The summed E-state index contributed by atoms with van der Waals surface area (Å²) in [7, 11) is 0. The first-order valence-electron chi connectivity index (χ1n) is 7.22. The van der Waals surface area contributed by atoms with Crippen molar-refractivity contribution in [3.8, 4) is 0 Å². The Morgan fingerprint density at radius 3 is 2.56 bits per heavy atom.